The van der Waals surface area contributed by atoms with E-state index in [0.29, 0.717) is 12.2 Å². The van der Waals surface area contributed by atoms with Crippen LogP contribution in [0.2, 0.25) is 0 Å². The summed E-state index contributed by atoms with van der Waals surface area (Å²) in [7, 11) is 0. The lowest BCUT2D eigenvalue weighted by Gasteiger charge is -2.11. The Morgan fingerprint density at radius 2 is 2.12 bits per heavy atom. The van der Waals surface area contributed by atoms with Gasteiger partial charge in [0.25, 0.3) is 0 Å². The Hall–Kier alpha value is -1.51. The lowest BCUT2D eigenvalue weighted by Crippen LogP contribution is -2.07. The third-order valence-electron chi connectivity index (χ3n) is 3.09. The molecule has 3 nitrogen and oxygen atoms in total. The number of rotatable bonds is 2. The SMILES string of the molecule is CCOC(=O)c1cc(C)c2c(c1O)CCC2. The van der Waals surface area contributed by atoms with Crippen molar-refractivity contribution in [2.45, 2.75) is 33.1 Å². The van der Waals surface area contributed by atoms with Gasteiger partial charge in [0.2, 0.25) is 0 Å². The lowest BCUT2D eigenvalue weighted by atomic mass is 9.99. The van der Waals surface area contributed by atoms with Gasteiger partial charge in [0.15, 0.2) is 0 Å². The highest BCUT2D eigenvalue weighted by molar-refractivity contribution is 5.93. The van der Waals surface area contributed by atoms with Crippen molar-refractivity contribution in [3.63, 3.8) is 0 Å². The molecule has 1 aromatic carbocycles. The molecule has 1 aromatic rings. The average Bonchev–Trinajstić information content (AvgIpc) is 2.73. The Morgan fingerprint density at radius 1 is 1.44 bits per heavy atom. The number of aryl methyl sites for hydroxylation is 1. The van der Waals surface area contributed by atoms with Crippen molar-refractivity contribution in [2.75, 3.05) is 6.61 Å². The van der Waals surface area contributed by atoms with Gasteiger partial charge in [-0.15, -0.1) is 0 Å². The van der Waals surface area contributed by atoms with E-state index in [-0.39, 0.29) is 5.75 Å². The molecule has 0 atom stereocenters. The van der Waals surface area contributed by atoms with Gasteiger partial charge in [0.1, 0.15) is 11.3 Å². The van der Waals surface area contributed by atoms with E-state index in [2.05, 4.69) is 0 Å². The molecule has 0 saturated heterocycles. The van der Waals surface area contributed by atoms with E-state index in [1.807, 2.05) is 6.92 Å². The summed E-state index contributed by atoms with van der Waals surface area (Å²) in [5.74, 6) is -0.311. The highest BCUT2D eigenvalue weighted by Crippen LogP contribution is 2.35. The second kappa shape index (κ2) is 4.16. The summed E-state index contributed by atoms with van der Waals surface area (Å²) in [5, 5.41) is 10.0. The van der Waals surface area contributed by atoms with Gasteiger partial charge in [-0.3, -0.25) is 0 Å². The average molecular weight is 220 g/mol. The molecule has 0 bridgehead atoms. The Balaban J connectivity index is 2.48. The summed E-state index contributed by atoms with van der Waals surface area (Å²) in [6.07, 6.45) is 2.91. The number of fused-ring (bicyclic) bond motifs is 1. The topological polar surface area (TPSA) is 46.5 Å². The third-order valence-corrected chi connectivity index (χ3v) is 3.09. The first-order chi connectivity index (χ1) is 7.65. The molecule has 1 aliphatic carbocycles. The van der Waals surface area contributed by atoms with Gasteiger partial charge in [-0.1, -0.05) is 0 Å². The normalized spacial score (nSPS) is 13.6. The minimum atomic E-state index is -0.433. The Labute approximate surface area is 95.0 Å². The molecule has 16 heavy (non-hydrogen) atoms. The van der Waals surface area contributed by atoms with Crippen LogP contribution in [-0.4, -0.2) is 17.7 Å². The van der Waals surface area contributed by atoms with E-state index in [1.54, 1.807) is 13.0 Å². The van der Waals surface area contributed by atoms with Gasteiger partial charge in [0.05, 0.1) is 6.61 Å². The van der Waals surface area contributed by atoms with Crippen LogP contribution in [0.15, 0.2) is 6.07 Å². The van der Waals surface area contributed by atoms with Crippen molar-refractivity contribution in [1.82, 2.24) is 0 Å². The summed E-state index contributed by atoms with van der Waals surface area (Å²) < 4.78 is 4.92. The van der Waals surface area contributed by atoms with E-state index < -0.39 is 5.97 Å². The number of phenols is 1. The molecule has 0 radical (unpaired) electrons. The van der Waals surface area contributed by atoms with Crippen LogP contribution in [0, 0.1) is 6.92 Å². The van der Waals surface area contributed by atoms with Crippen molar-refractivity contribution in [1.29, 1.82) is 0 Å². The van der Waals surface area contributed by atoms with Gasteiger partial charge in [-0.05, 0) is 55.9 Å². The van der Waals surface area contributed by atoms with Gasteiger partial charge in [-0.2, -0.15) is 0 Å². The molecule has 0 amide bonds. The summed E-state index contributed by atoms with van der Waals surface area (Å²) in [6, 6.07) is 1.73. The number of carbonyl (C=O) groups excluding carboxylic acids is 1. The first-order valence-electron chi connectivity index (χ1n) is 5.66. The lowest BCUT2D eigenvalue weighted by molar-refractivity contribution is 0.0523. The summed E-state index contributed by atoms with van der Waals surface area (Å²) in [4.78, 5) is 11.6. The zero-order chi connectivity index (χ0) is 11.7. The third kappa shape index (κ3) is 1.66. The molecule has 1 aliphatic rings. The molecular formula is C13H16O3. The van der Waals surface area contributed by atoms with Crippen molar-refractivity contribution in [2.24, 2.45) is 0 Å². The molecule has 0 fully saturated rings. The maximum Gasteiger partial charge on any atom is 0.341 e. The minimum absolute atomic E-state index is 0.122. The van der Waals surface area contributed by atoms with Crippen LogP contribution in [0.1, 0.15) is 40.4 Å². The summed E-state index contributed by atoms with van der Waals surface area (Å²) in [6.45, 7) is 4.07. The van der Waals surface area contributed by atoms with Gasteiger partial charge in [0, 0.05) is 0 Å². The van der Waals surface area contributed by atoms with Crippen LogP contribution in [-0.2, 0) is 17.6 Å². The van der Waals surface area contributed by atoms with Crippen LogP contribution in [0.25, 0.3) is 0 Å². The number of esters is 1. The minimum Gasteiger partial charge on any atom is -0.507 e. The van der Waals surface area contributed by atoms with Gasteiger partial charge >= 0.3 is 5.97 Å². The first-order valence-corrected chi connectivity index (χ1v) is 5.66. The molecule has 2 rings (SSSR count). The number of ether oxygens (including phenoxy) is 1. The molecule has 0 aliphatic heterocycles. The van der Waals surface area contributed by atoms with Crippen LogP contribution in [0.4, 0.5) is 0 Å². The van der Waals surface area contributed by atoms with E-state index in [1.165, 1.54) is 5.56 Å². The monoisotopic (exact) mass is 220 g/mol. The zero-order valence-corrected chi connectivity index (χ0v) is 9.67. The number of aromatic hydroxyl groups is 1. The van der Waals surface area contributed by atoms with E-state index >= 15 is 0 Å². The Morgan fingerprint density at radius 3 is 2.81 bits per heavy atom. The van der Waals surface area contributed by atoms with Gasteiger partial charge in [-0.25, -0.2) is 4.79 Å². The zero-order valence-electron chi connectivity index (χ0n) is 9.67. The molecule has 86 valence electrons. The molecule has 0 saturated carbocycles. The number of phenolic OH excluding ortho intramolecular Hbond substituents is 1. The molecule has 0 aromatic heterocycles. The quantitative estimate of drug-likeness (QED) is 0.778. The highest BCUT2D eigenvalue weighted by Gasteiger charge is 2.23. The molecule has 0 spiro atoms. The predicted octanol–water partition coefficient (Wildman–Crippen LogP) is 2.37. The standard InChI is InChI=1S/C13H16O3/c1-3-16-13(15)11-7-8(2)9-5-4-6-10(9)12(11)14/h7,14H,3-6H2,1-2H3. The second-order valence-electron chi connectivity index (χ2n) is 4.12. The molecule has 1 N–H and O–H groups in total. The fraction of sp³-hybridized carbons (Fsp3) is 0.462. The smallest absolute Gasteiger partial charge is 0.341 e. The van der Waals surface area contributed by atoms with Crippen LogP contribution < -0.4 is 0 Å². The Kier molecular flexibility index (Phi) is 2.86. The predicted molar refractivity (Wildman–Crippen MR) is 60.8 cm³/mol. The maximum absolute atomic E-state index is 11.6. The molecular weight excluding hydrogens is 204 g/mol. The number of hydrogen-bond acceptors (Lipinski definition) is 3. The first kappa shape index (κ1) is 11.0. The summed E-state index contributed by atoms with van der Waals surface area (Å²) in [5.41, 5.74) is 3.52. The van der Waals surface area contributed by atoms with E-state index in [9.17, 15) is 9.90 Å². The second-order valence-corrected chi connectivity index (χ2v) is 4.12. The van der Waals surface area contributed by atoms with Crippen LogP contribution in [0.3, 0.4) is 0 Å². The van der Waals surface area contributed by atoms with Crippen molar-refractivity contribution < 1.29 is 14.6 Å². The number of carbonyl (C=O) groups is 1. The molecule has 0 heterocycles. The van der Waals surface area contributed by atoms with Crippen molar-refractivity contribution in [3.8, 4) is 5.75 Å². The van der Waals surface area contributed by atoms with E-state index in [4.69, 9.17) is 4.74 Å². The Bertz CT molecular complexity index is 435. The summed E-state index contributed by atoms with van der Waals surface area (Å²) >= 11 is 0. The van der Waals surface area contributed by atoms with E-state index in [0.717, 1.165) is 30.4 Å². The van der Waals surface area contributed by atoms with Crippen LogP contribution in [0.5, 0.6) is 5.75 Å². The van der Waals surface area contributed by atoms with Crippen molar-refractivity contribution in [3.05, 3.63) is 28.3 Å². The maximum atomic E-state index is 11.6. The largest absolute Gasteiger partial charge is 0.507 e. The fourth-order valence-corrected chi connectivity index (χ4v) is 2.34. The number of benzene rings is 1. The van der Waals surface area contributed by atoms with Crippen LogP contribution >= 0.6 is 0 Å². The molecule has 0 unspecified atom stereocenters. The fourth-order valence-electron chi connectivity index (χ4n) is 2.34. The highest BCUT2D eigenvalue weighted by atomic mass is 16.5. The van der Waals surface area contributed by atoms with Crippen molar-refractivity contribution >= 4 is 5.97 Å². The van der Waals surface area contributed by atoms with Gasteiger partial charge < -0.3 is 9.84 Å². The number of hydrogen-bond donors (Lipinski definition) is 1. The molecule has 3 heteroatoms.